The van der Waals surface area contributed by atoms with Gasteiger partial charge in [-0.25, -0.2) is 0 Å². The van der Waals surface area contributed by atoms with E-state index in [0.29, 0.717) is 0 Å². The average Bonchev–Trinajstić information content (AvgIpc) is 2.40. The van der Waals surface area contributed by atoms with Crippen LogP contribution in [0.3, 0.4) is 0 Å². The van der Waals surface area contributed by atoms with Crippen LogP contribution in [0.15, 0.2) is 29.3 Å². The van der Waals surface area contributed by atoms with Crippen LogP contribution < -0.4 is 15.4 Å². The van der Waals surface area contributed by atoms with Crippen molar-refractivity contribution in [1.29, 1.82) is 5.26 Å². The third-order valence-electron chi connectivity index (χ3n) is 3.19. The van der Waals surface area contributed by atoms with Gasteiger partial charge in [0.25, 0.3) is 0 Å². The monoisotopic (exact) mass is 260 g/mol. The fraction of sp³-hybridized carbons (Fsp3) is 0.429. The third kappa shape index (κ3) is 3.38. The molecule has 5 heteroatoms. The molecule has 0 saturated heterocycles. The van der Waals surface area contributed by atoms with Crippen molar-refractivity contribution in [2.24, 2.45) is 10.7 Å². The van der Waals surface area contributed by atoms with Crippen LogP contribution >= 0.6 is 0 Å². The molecule has 102 valence electrons. The Hall–Kier alpha value is -2.22. The fourth-order valence-electron chi connectivity index (χ4n) is 1.78. The molecule has 0 radical (unpaired) electrons. The second kappa shape index (κ2) is 6.10. The predicted molar refractivity (Wildman–Crippen MR) is 77.1 cm³/mol. The largest absolute Gasteiger partial charge is 0.497 e. The first kappa shape index (κ1) is 14.8. The lowest BCUT2D eigenvalue weighted by atomic mass is 9.98. The first-order chi connectivity index (χ1) is 8.96. The summed E-state index contributed by atoms with van der Waals surface area (Å²) in [5.74, 6) is 0.966. The molecule has 1 aromatic rings. The zero-order valence-electron chi connectivity index (χ0n) is 11.8. The van der Waals surface area contributed by atoms with Gasteiger partial charge in [-0.05, 0) is 44.5 Å². The molecule has 1 aromatic carbocycles. The van der Waals surface area contributed by atoms with E-state index in [9.17, 15) is 0 Å². The Morgan fingerprint density at radius 1 is 1.42 bits per heavy atom. The number of methoxy groups -OCH3 is 1. The van der Waals surface area contributed by atoms with Crippen LogP contribution in [0.5, 0.6) is 5.75 Å². The zero-order chi connectivity index (χ0) is 14.5. The molecular formula is C14H20N4O. The number of benzene rings is 1. The Morgan fingerprint density at radius 2 is 2.00 bits per heavy atom. The van der Waals surface area contributed by atoms with Gasteiger partial charge in [0.05, 0.1) is 7.11 Å². The summed E-state index contributed by atoms with van der Waals surface area (Å²) in [7, 11) is 1.62. The number of nitrogens with zero attached hydrogens (tertiary/aromatic N) is 3. The first-order valence-corrected chi connectivity index (χ1v) is 6.12. The van der Waals surface area contributed by atoms with E-state index in [1.165, 1.54) is 0 Å². The minimum atomic E-state index is -0.237. The van der Waals surface area contributed by atoms with E-state index < -0.39 is 0 Å². The van der Waals surface area contributed by atoms with Gasteiger partial charge in [0.2, 0.25) is 12.2 Å². The summed E-state index contributed by atoms with van der Waals surface area (Å²) in [6.45, 7) is 6.17. The molecule has 0 fully saturated rings. The molecule has 1 rings (SSSR count). The highest BCUT2D eigenvalue weighted by Crippen LogP contribution is 2.28. The van der Waals surface area contributed by atoms with E-state index in [4.69, 9.17) is 15.7 Å². The van der Waals surface area contributed by atoms with Gasteiger partial charge in [0.15, 0.2) is 0 Å². The smallest absolute Gasteiger partial charge is 0.212 e. The molecule has 0 amide bonds. The highest BCUT2D eigenvalue weighted by atomic mass is 16.5. The molecule has 0 heterocycles. The summed E-state index contributed by atoms with van der Waals surface area (Å²) in [4.78, 5) is 5.51. The van der Waals surface area contributed by atoms with Crippen molar-refractivity contribution in [3.63, 3.8) is 0 Å². The van der Waals surface area contributed by atoms with Gasteiger partial charge in [0, 0.05) is 11.2 Å². The normalized spacial score (nSPS) is 11.8. The molecule has 0 aliphatic carbocycles. The summed E-state index contributed by atoms with van der Waals surface area (Å²) in [5.41, 5.74) is 6.56. The number of nitriles is 1. The lowest BCUT2D eigenvalue weighted by Crippen LogP contribution is -2.51. The van der Waals surface area contributed by atoms with Gasteiger partial charge in [-0.1, -0.05) is 6.92 Å². The van der Waals surface area contributed by atoms with Crippen molar-refractivity contribution < 1.29 is 4.74 Å². The van der Waals surface area contributed by atoms with Crippen molar-refractivity contribution in [3.8, 4) is 11.9 Å². The highest BCUT2D eigenvalue weighted by Gasteiger charge is 2.28. The van der Waals surface area contributed by atoms with Crippen molar-refractivity contribution in [1.82, 2.24) is 0 Å². The van der Waals surface area contributed by atoms with E-state index in [2.05, 4.69) is 25.8 Å². The summed E-state index contributed by atoms with van der Waals surface area (Å²) in [5, 5.41) is 8.69. The summed E-state index contributed by atoms with van der Waals surface area (Å²) in [6.07, 6.45) is 2.59. The second-order valence-electron chi connectivity index (χ2n) is 4.77. The highest BCUT2D eigenvalue weighted by molar-refractivity contribution is 5.96. The molecule has 0 aromatic heterocycles. The lowest BCUT2D eigenvalue weighted by molar-refractivity contribution is 0.414. The number of hydrogen-bond donors (Lipinski definition) is 1. The molecule has 0 aliphatic rings. The van der Waals surface area contributed by atoms with E-state index >= 15 is 0 Å². The van der Waals surface area contributed by atoms with Crippen LogP contribution in [0.1, 0.15) is 27.2 Å². The number of guanidine groups is 1. The molecule has 0 bridgehead atoms. The van der Waals surface area contributed by atoms with E-state index in [-0.39, 0.29) is 11.5 Å². The number of hydrogen-bond acceptors (Lipinski definition) is 3. The maximum Gasteiger partial charge on any atom is 0.212 e. The van der Waals surface area contributed by atoms with E-state index in [1.807, 2.05) is 29.2 Å². The molecule has 0 aliphatic heterocycles. The first-order valence-electron chi connectivity index (χ1n) is 6.12. The maximum absolute atomic E-state index is 8.69. The minimum Gasteiger partial charge on any atom is -0.497 e. The SMILES string of the molecule is CCC(C)(C)N(C(N)=NC#N)c1ccc(OC)cc1. The predicted octanol–water partition coefficient (Wildman–Crippen LogP) is 2.49. The number of aliphatic imine (C=N–C) groups is 1. The molecule has 0 atom stereocenters. The van der Waals surface area contributed by atoms with Crippen LogP contribution in [-0.2, 0) is 0 Å². The number of ether oxygens (including phenoxy) is 1. The van der Waals surface area contributed by atoms with Crippen molar-refractivity contribution in [2.45, 2.75) is 32.7 Å². The summed E-state index contributed by atoms with van der Waals surface area (Å²) >= 11 is 0. The van der Waals surface area contributed by atoms with E-state index in [0.717, 1.165) is 17.9 Å². The standard InChI is InChI=1S/C14H20N4O/c1-5-14(2,3)18(13(16)17-10-15)11-6-8-12(19-4)9-7-11/h6-9H,5H2,1-4H3,(H2,16,17). The van der Waals surface area contributed by atoms with Crippen LogP contribution in [0, 0.1) is 11.5 Å². The minimum absolute atomic E-state index is 0.194. The van der Waals surface area contributed by atoms with Gasteiger partial charge >= 0.3 is 0 Å². The Balaban J connectivity index is 3.23. The van der Waals surface area contributed by atoms with Crippen molar-refractivity contribution in [2.75, 3.05) is 12.0 Å². The Bertz CT molecular complexity index is 485. The average molecular weight is 260 g/mol. The number of anilines is 1. The van der Waals surface area contributed by atoms with Crippen molar-refractivity contribution >= 4 is 11.6 Å². The topological polar surface area (TPSA) is 74.6 Å². The summed E-state index contributed by atoms with van der Waals surface area (Å²) in [6, 6.07) is 7.51. The van der Waals surface area contributed by atoms with Crippen LogP contribution in [0.4, 0.5) is 5.69 Å². The van der Waals surface area contributed by atoms with Gasteiger partial charge < -0.3 is 15.4 Å². The van der Waals surface area contributed by atoms with Gasteiger partial charge in [-0.2, -0.15) is 5.26 Å². The summed E-state index contributed by atoms with van der Waals surface area (Å²) < 4.78 is 5.14. The van der Waals surface area contributed by atoms with Gasteiger partial charge in [-0.15, -0.1) is 4.99 Å². The molecule has 0 spiro atoms. The number of nitrogens with two attached hydrogens (primary N) is 1. The quantitative estimate of drug-likeness (QED) is 0.512. The molecule has 19 heavy (non-hydrogen) atoms. The van der Waals surface area contributed by atoms with Gasteiger partial charge in [-0.3, -0.25) is 0 Å². The number of rotatable bonds is 4. The Labute approximate surface area is 114 Å². The maximum atomic E-state index is 8.69. The fourth-order valence-corrected chi connectivity index (χ4v) is 1.78. The Kier molecular flexibility index (Phi) is 4.76. The molecular weight excluding hydrogens is 240 g/mol. The third-order valence-corrected chi connectivity index (χ3v) is 3.19. The van der Waals surface area contributed by atoms with Crippen molar-refractivity contribution in [3.05, 3.63) is 24.3 Å². The van der Waals surface area contributed by atoms with Crippen LogP contribution in [0.25, 0.3) is 0 Å². The van der Waals surface area contributed by atoms with Crippen LogP contribution in [-0.4, -0.2) is 18.6 Å². The van der Waals surface area contributed by atoms with Crippen LogP contribution in [0.2, 0.25) is 0 Å². The lowest BCUT2D eigenvalue weighted by Gasteiger charge is -2.38. The van der Waals surface area contributed by atoms with Gasteiger partial charge in [0.1, 0.15) is 5.75 Å². The molecule has 5 nitrogen and oxygen atoms in total. The zero-order valence-corrected chi connectivity index (χ0v) is 11.8. The van der Waals surface area contributed by atoms with E-state index in [1.54, 1.807) is 13.3 Å². The molecule has 2 N–H and O–H groups in total. The Morgan fingerprint density at radius 3 is 2.42 bits per heavy atom. The molecule has 0 unspecified atom stereocenters. The molecule has 0 saturated carbocycles. The second-order valence-corrected chi connectivity index (χ2v) is 4.77.